The smallest absolute Gasteiger partial charge is 0.321 e. The number of rotatable bonds is 4. The number of amides is 2. The highest BCUT2D eigenvalue weighted by Gasteiger charge is 2.31. The summed E-state index contributed by atoms with van der Waals surface area (Å²) in [6, 6.07) is 5.23. The van der Waals surface area contributed by atoms with Gasteiger partial charge in [0.1, 0.15) is 5.75 Å². The van der Waals surface area contributed by atoms with Crippen molar-refractivity contribution in [2.45, 2.75) is 11.3 Å². The van der Waals surface area contributed by atoms with E-state index in [0.29, 0.717) is 24.4 Å². The predicted octanol–water partition coefficient (Wildman–Crippen LogP) is 2.36. The Morgan fingerprint density at radius 1 is 1.48 bits per heavy atom. The molecule has 0 aromatic heterocycles. The van der Waals surface area contributed by atoms with Gasteiger partial charge in [0.25, 0.3) is 0 Å². The number of nitrogens with one attached hydrogen (secondary N) is 1. The summed E-state index contributed by atoms with van der Waals surface area (Å²) in [6.45, 7) is 0.695. The van der Waals surface area contributed by atoms with Crippen LogP contribution in [0.4, 0.5) is 10.5 Å². The standard InChI is InChI=1S/C14H18N2O4S/c1-20-12-7-10(21-2)3-4-11(12)15-14(19)16-6-5-9(8-16)13(17)18/h3-4,7,9H,5-6,8H2,1-2H3,(H,15,19)(H,17,18). The van der Waals surface area contributed by atoms with E-state index in [9.17, 15) is 9.59 Å². The van der Waals surface area contributed by atoms with Crippen molar-refractivity contribution in [3.63, 3.8) is 0 Å². The van der Waals surface area contributed by atoms with E-state index in [1.807, 2.05) is 18.4 Å². The van der Waals surface area contributed by atoms with Crippen LogP contribution in [-0.2, 0) is 4.79 Å². The van der Waals surface area contributed by atoms with Gasteiger partial charge in [-0.15, -0.1) is 11.8 Å². The van der Waals surface area contributed by atoms with Crippen LogP contribution in [0.15, 0.2) is 23.1 Å². The van der Waals surface area contributed by atoms with Gasteiger partial charge in [0, 0.05) is 18.0 Å². The Hall–Kier alpha value is -1.89. The number of methoxy groups -OCH3 is 1. The van der Waals surface area contributed by atoms with Crippen LogP contribution in [-0.4, -0.2) is 48.5 Å². The molecule has 21 heavy (non-hydrogen) atoms. The van der Waals surface area contributed by atoms with Gasteiger partial charge in [-0.25, -0.2) is 4.79 Å². The Bertz CT molecular complexity index is 550. The predicted molar refractivity (Wildman–Crippen MR) is 81.1 cm³/mol. The second-order valence-electron chi connectivity index (χ2n) is 4.77. The molecule has 2 N–H and O–H groups in total. The fourth-order valence-corrected chi connectivity index (χ4v) is 2.67. The summed E-state index contributed by atoms with van der Waals surface area (Å²) in [6.07, 6.45) is 2.45. The highest BCUT2D eigenvalue weighted by atomic mass is 32.2. The summed E-state index contributed by atoms with van der Waals surface area (Å²) in [5, 5.41) is 11.7. The molecular formula is C14H18N2O4S. The molecule has 0 radical (unpaired) electrons. The van der Waals surface area contributed by atoms with Gasteiger partial charge in [0.2, 0.25) is 0 Å². The minimum Gasteiger partial charge on any atom is -0.495 e. The summed E-state index contributed by atoms with van der Waals surface area (Å²) < 4.78 is 5.27. The van der Waals surface area contributed by atoms with Crippen molar-refractivity contribution >= 4 is 29.4 Å². The van der Waals surface area contributed by atoms with E-state index >= 15 is 0 Å². The molecule has 1 aliphatic heterocycles. The SMILES string of the molecule is COc1cc(SC)ccc1NC(=O)N1CCC(C(=O)O)C1. The van der Waals surface area contributed by atoms with E-state index in [4.69, 9.17) is 9.84 Å². The lowest BCUT2D eigenvalue weighted by atomic mass is 10.1. The highest BCUT2D eigenvalue weighted by molar-refractivity contribution is 7.98. The van der Waals surface area contributed by atoms with E-state index in [1.54, 1.807) is 24.9 Å². The number of anilines is 1. The first-order valence-electron chi connectivity index (χ1n) is 6.56. The number of carboxylic acids is 1. The first-order valence-corrected chi connectivity index (χ1v) is 7.78. The van der Waals surface area contributed by atoms with Crippen molar-refractivity contribution in [2.75, 3.05) is 31.8 Å². The van der Waals surface area contributed by atoms with Crippen LogP contribution in [0.1, 0.15) is 6.42 Å². The number of thioether (sulfide) groups is 1. The molecule has 114 valence electrons. The van der Waals surface area contributed by atoms with Gasteiger partial charge in [-0.3, -0.25) is 4.79 Å². The lowest BCUT2D eigenvalue weighted by Gasteiger charge is -2.18. The third-order valence-electron chi connectivity index (χ3n) is 3.48. The third-order valence-corrected chi connectivity index (χ3v) is 4.20. The minimum atomic E-state index is -0.854. The fraction of sp³-hybridized carbons (Fsp3) is 0.429. The quantitative estimate of drug-likeness (QED) is 0.835. The van der Waals surface area contributed by atoms with Crippen LogP contribution in [0.2, 0.25) is 0 Å². The minimum absolute atomic E-state index is 0.242. The molecule has 1 fully saturated rings. The van der Waals surface area contributed by atoms with Crippen molar-refractivity contribution < 1.29 is 19.4 Å². The number of carbonyl (C=O) groups excluding carboxylic acids is 1. The molecule has 1 aromatic carbocycles. The zero-order valence-electron chi connectivity index (χ0n) is 12.0. The van der Waals surface area contributed by atoms with Gasteiger partial charge in [0.05, 0.1) is 18.7 Å². The Morgan fingerprint density at radius 2 is 2.24 bits per heavy atom. The average Bonchev–Trinajstić information content (AvgIpc) is 2.97. The molecule has 2 rings (SSSR count). The molecule has 7 heteroatoms. The van der Waals surface area contributed by atoms with Gasteiger partial charge in [-0.2, -0.15) is 0 Å². The van der Waals surface area contributed by atoms with Crippen LogP contribution in [0.5, 0.6) is 5.75 Å². The zero-order chi connectivity index (χ0) is 15.4. The van der Waals surface area contributed by atoms with Crippen molar-refractivity contribution in [3.05, 3.63) is 18.2 Å². The lowest BCUT2D eigenvalue weighted by Crippen LogP contribution is -2.33. The second kappa shape index (κ2) is 6.71. The lowest BCUT2D eigenvalue weighted by molar-refractivity contribution is -0.141. The van der Waals surface area contributed by atoms with Crippen molar-refractivity contribution in [2.24, 2.45) is 5.92 Å². The summed E-state index contributed by atoms with van der Waals surface area (Å²) >= 11 is 1.59. The number of hydrogen-bond donors (Lipinski definition) is 2. The van der Waals surface area contributed by atoms with Crippen LogP contribution in [0.25, 0.3) is 0 Å². The third kappa shape index (κ3) is 3.60. The highest BCUT2D eigenvalue weighted by Crippen LogP contribution is 2.30. The number of carboxylic acid groups (broad SMARTS) is 1. The molecule has 0 spiro atoms. The van der Waals surface area contributed by atoms with Crippen LogP contribution < -0.4 is 10.1 Å². The summed E-state index contributed by atoms with van der Waals surface area (Å²) in [5.74, 6) is -0.743. The van der Waals surface area contributed by atoms with E-state index in [2.05, 4.69) is 5.32 Å². The number of carbonyl (C=O) groups is 2. The molecule has 1 aliphatic rings. The molecule has 1 unspecified atom stereocenters. The fourth-order valence-electron chi connectivity index (χ4n) is 2.24. The zero-order valence-corrected chi connectivity index (χ0v) is 12.8. The summed E-state index contributed by atoms with van der Waals surface area (Å²) in [4.78, 5) is 25.6. The molecule has 0 saturated carbocycles. The summed E-state index contributed by atoms with van der Waals surface area (Å²) in [7, 11) is 1.55. The molecular weight excluding hydrogens is 292 g/mol. The number of likely N-dealkylation sites (tertiary alicyclic amines) is 1. The topological polar surface area (TPSA) is 78.9 Å². The number of ether oxygens (including phenoxy) is 1. The Kier molecular flexibility index (Phi) is 4.95. The van der Waals surface area contributed by atoms with Crippen LogP contribution in [0.3, 0.4) is 0 Å². The average molecular weight is 310 g/mol. The van der Waals surface area contributed by atoms with Gasteiger partial charge >= 0.3 is 12.0 Å². The largest absolute Gasteiger partial charge is 0.495 e. The van der Waals surface area contributed by atoms with Crippen LogP contribution >= 0.6 is 11.8 Å². The molecule has 1 saturated heterocycles. The maximum absolute atomic E-state index is 12.2. The monoisotopic (exact) mass is 310 g/mol. The van der Waals surface area contributed by atoms with Gasteiger partial charge < -0.3 is 20.1 Å². The second-order valence-corrected chi connectivity index (χ2v) is 5.65. The van der Waals surface area contributed by atoms with E-state index < -0.39 is 11.9 Å². The molecule has 6 nitrogen and oxygen atoms in total. The normalized spacial score (nSPS) is 17.6. The first-order chi connectivity index (χ1) is 10.0. The Morgan fingerprint density at radius 3 is 2.81 bits per heavy atom. The Balaban J connectivity index is 2.05. The number of benzene rings is 1. The number of hydrogen-bond acceptors (Lipinski definition) is 4. The van der Waals surface area contributed by atoms with E-state index in [-0.39, 0.29) is 12.6 Å². The van der Waals surface area contributed by atoms with Crippen molar-refractivity contribution in [1.82, 2.24) is 4.90 Å². The van der Waals surface area contributed by atoms with E-state index in [1.165, 1.54) is 4.90 Å². The van der Waals surface area contributed by atoms with Crippen LogP contribution in [0, 0.1) is 5.92 Å². The Labute approximate surface area is 127 Å². The van der Waals surface area contributed by atoms with Crippen molar-refractivity contribution in [1.29, 1.82) is 0 Å². The summed E-state index contributed by atoms with van der Waals surface area (Å²) in [5.41, 5.74) is 0.582. The first kappa shape index (κ1) is 15.5. The van der Waals surface area contributed by atoms with Gasteiger partial charge in [-0.1, -0.05) is 0 Å². The van der Waals surface area contributed by atoms with Crippen molar-refractivity contribution in [3.8, 4) is 5.75 Å². The van der Waals surface area contributed by atoms with Gasteiger partial charge in [0.15, 0.2) is 0 Å². The maximum Gasteiger partial charge on any atom is 0.321 e. The molecule has 1 aromatic rings. The molecule has 1 heterocycles. The molecule has 2 amide bonds. The van der Waals surface area contributed by atoms with E-state index in [0.717, 1.165) is 4.90 Å². The van der Waals surface area contributed by atoms with Gasteiger partial charge in [-0.05, 0) is 30.9 Å². The molecule has 0 aliphatic carbocycles. The number of aliphatic carboxylic acids is 1. The molecule has 1 atom stereocenters. The number of urea groups is 1. The maximum atomic E-state index is 12.2. The number of nitrogens with zero attached hydrogens (tertiary/aromatic N) is 1. The molecule has 0 bridgehead atoms.